The van der Waals surface area contributed by atoms with Crippen LogP contribution in [-0.4, -0.2) is 27.4 Å². The lowest BCUT2D eigenvalue weighted by Crippen LogP contribution is -2.36. The smallest absolute Gasteiger partial charge is 0.174 e. The van der Waals surface area contributed by atoms with Gasteiger partial charge in [0.1, 0.15) is 34.0 Å². The number of carbonyl (C=O) groups is 2. The van der Waals surface area contributed by atoms with Crippen LogP contribution in [0.4, 0.5) is 0 Å². The van der Waals surface area contributed by atoms with Crippen molar-refractivity contribution < 1.29 is 24.5 Å². The highest BCUT2D eigenvalue weighted by Crippen LogP contribution is 2.43. The van der Waals surface area contributed by atoms with E-state index in [-0.39, 0.29) is 34.8 Å². The van der Waals surface area contributed by atoms with E-state index in [1.165, 1.54) is 13.0 Å². The van der Waals surface area contributed by atoms with Crippen LogP contribution in [0.25, 0.3) is 0 Å². The number of hydrogen-bond donors (Lipinski definition) is 2. The van der Waals surface area contributed by atoms with Gasteiger partial charge in [-0.05, 0) is 20.8 Å². The first-order valence-corrected chi connectivity index (χ1v) is 5.55. The summed E-state index contributed by atoms with van der Waals surface area (Å²) in [5, 5.41) is 19.6. The third-order valence-electron chi connectivity index (χ3n) is 2.85. The van der Waals surface area contributed by atoms with Crippen LogP contribution in [0.5, 0.6) is 17.2 Å². The molecule has 1 aliphatic heterocycles. The van der Waals surface area contributed by atoms with Gasteiger partial charge < -0.3 is 14.9 Å². The molecule has 0 saturated heterocycles. The summed E-state index contributed by atoms with van der Waals surface area (Å²) < 4.78 is 5.53. The van der Waals surface area contributed by atoms with Crippen molar-refractivity contribution in [2.24, 2.45) is 0 Å². The van der Waals surface area contributed by atoms with E-state index < -0.39 is 17.1 Å². The first kappa shape index (κ1) is 12.4. The highest BCUT2D eigenvalue weighted by atomic mass is 16.5. The van der Waals surface area contributed by atoms with Gasteiger partial charge in [-0.15, -0.1) is 0 Å². The second-order valence-corrected chi connectivity index (χ2v) is 5.01. The zero-order valence-electron chi connectivity index (χ0n) is 10.4. The topological polar surface area (TPSA) is 83.8 Å². The summed E-state index contributed by atoms with van der Waals surface area (Å²) in [6.07, 6.45) is 0.107. The third kappa shape index (κ3) is 1.81. The second kappa shape index (κ2) is 3.73. The maximum atomic E-state index is 12.0. The van der Waals surface area contributed by atoms with E-state index in [9.17, 15) is 19.8 Å². The Morgan fingerprint density at radius 1 is 1.39 bits per heavy atom. The molecule has 2 rings (SSSR count). The zero-order valence-corrected chi connectivity index (χ0v) is 10.4. The van der Waals surface area contributed by atoms with E-state index in [1.807, 2.05) is 0 Å². The lowest BCUT2D eigenvalue weighted by atomic mass is 9.90. The summed E-state index contributed by atoms with van der Waals surface area (Å²) >= 11 is 0. The minimum atomic E-state index is -0.694. The van der Waals surface area contributed by atoms with E-state index in [0.717, 1.165) is 0 Å². The molecule has 0 unspecified atom stereocenters. The van der Waals surface area contributed by atoms with Crippen LogP contribution in [0.1, 0.15) is 47.9 Å². The summed E-state index contributed by atoms with van der Waals surface area (Å²) in [7, 11) is 0. The average Bonchev–Trinajstić information content (AvgIpc) is 2.11. The van der Waals surface area contributed by atoms with Gasteiger partial charge in [0.25, 0.3) is 0 Å². The fraction of sp³-hybridized carbons (Fsp3) is 0.385. The van der Waals surface area contributed by atoms with Gasteiger partial charge >= 0.3 is 0 Å². The number of phenols is 2. The maximum absolute atomic E-state index is 12.0. The van der Waals surface area contributed by atoms with E-state index in [1.54, 1.807) is 13.8 Å². The minimum absolute atomic E-state index is 0.0303. The Bertz CT molecular complexity index is 557. The highest BCUT2D eigenvalue weighted by molar-refractivity contribution is 6.09. The van der Waals surface area contributed by atoms with Crippen LogP contribution in [0.2, 0.25) is 0 Å². The molecule has 18 heavy (non-hydrogen) atoms. The van der Waals surface area contributed by atoms with Crippen LogP contribution in [0.15, 0.2) is 6.07 Å². The number of rotatable bonds is 1. The number of benzene rings is 1. The lowest BCUT2D eigenvalue weighted by Gasteiger charge is -2.32. The van der Waals surface area contributed by atoms with Crippen molar-refractivity contribution in [3.05, 3.63) is 17.2 Å². The highest BCUT2D eigenvalue weighted by Gasteiger charge is 2.36. The van der Waals surface area contributed by atoms with Gasteiger partial charge in [-0.1, -0.05) is 0 Å². The van der Waals surface area contributed by atoms with E-state index in [0.29, 0.717) is 0 Å². The summed E-state index contributed by atoms with van der Waals surface area (Å²) in [4.78, 5) is 23.3. The third-order valence-corrected chi connectivity index (χ3v) is 2.85. The molecule has 96 valence electrons. The molecule has 0 fully saturated rings. The molecule has 0 atom stereocenters. The fourth-order valence-corrected chi connectivity index (χ4v) is 2.14. The van der Waals surface area contributed by atoms with Crippen molar-refractivity contribution in [1.82, 2.24) is 0 Å². The molecular weight excluding hydrogens is 236 g/mol. The van der Waals surface area contributed by atoms with Crippen molar-refractivity contribution in [3.63, 3.8) is 0 Å². The van der Waals surface area contributed by atoms with Gasteiger partial charge in [-0.2, -0.15) is 0 Å². The Hall–Kier alpha value is -2.04. The lowest BCUT2D eigenvalue weighted by molar-refractivity contribution is 0.0613. The van der Waals surface area contributed by atoms with Gasteiger partial charge in [0.2, 0.25) is 0 Å². The van der Waals surface area contributed by atoms with Gasteiger partial charge in [-0.25, -0.2) is 0 Å². The van der Waals surface area contributed by atoms with Gasteiger partial charge in [0, 0.05) is 6.07 Å². The van der Waals surface area contributed by atoms with E-state index in [2.05, 4.69) is 0 Å². The number of aromatic hydroxyl groups is 2. The number of ether oxygens (including phenoxy) is 1. The molecule has 0 amide bonds. The zero-order chi connectivity index (χ0) is 13.7. The molecule has 0 aliphatic carbocycles. The van der Waals surface area contributed by atoms with Crippen molar-refractivity contribution in [1.29, 1.82) is 0 Å². The Morgan fingerprint density at radius 2 is 2.00 bits per heavy atom. The Balaban J connectivity index is 2.70. The average molecular weight is 250 g/mol. The molecule has 0 spiro atoms. The minimum Gasteiger partial charge on any atom is -0.507 e. The Kier molecular flexibility index (Phi) is 2.57. The summed E-state index contributed by atoms with van der Waals surface area (Å²) in [5.41, 5.74) is -0.969. The molecular formula is C13H14O5. The molecule has 2 N–H and O–H groups in total. The molecule has 1 aromatic carbocycles. The van der Waals surface area contributed by atoms with Crippen LogP contribution < -0.4 is 4.74 Å². The number of hydrogen-bond acceptors (Lipinski definition) is 5. The Labute approximate surface area is 104 Å². The quantitative estimate of drug-likeness (QED) is 0.745. The standard InChI is InChI=1S/C13H14O5/c1-6(14)10-7(15)4-9-11(12(10)17)8(16)5-13(2,3)18-9/h4,15,17H,5H2,1-3H3. The van der Waals surface area contributed by atoms with Crippen LogP contribution >= 0.6 is 0 Å². The summed E-state index contributed by atoms with van der Waals surface area (Å²) in [6.45, 7) is 4.68. The van der Waals surface area contributed by atoms with Crippen LogP contribution in [0, 0.1) is 0 Å². The fourth-order valence-electron chi connectivity index (χ4n) is 2.14. The van der Waals surface area contributed by atoms with Gasteiger partial charge in [0.05, 0.1) is 6.42 Å². The summed E-state index contributed by atoms with van der Waals surface area (Å²) in [6, 6.07) is 1.20. The van der Waals surface area contributed by atoms with Crippen molar-refractivity contribution >= 4 is 11.6 Å². The summed E-state index contributed by atoms with van der Waals surface area (Å²) in [5.74, 6) is -1.59. The van der Waals surface area contributed by atoms with Gasteiger partial charge in [0.15, 0.2) is 11.6 Å². The first-order chi connectivity index (χ1) is 8.23. The predicted molar refractivity (Wildman–Crippen MR) is 63.4 cm³/mol. The molecule has 1 aromatic rings. The number of fused-ring (bicyclic) bond motifs is 1. The molecule has 5 nitrogen and oxygen atoms in total. The molecule has 0 radical (unpaired) electrons. The molecule has 0 bridgehead atoms. The molecule has 1 heterocycles. The van der Waals surface area contributed by atoms with Crippen LogP contribution in [-0.2, 0) is 0 Å². The number of phenolic OH excluding ortho intramolecular Hbond substituents is 2. The van der Waals surface area contributed by atoms with E-state index in [4.69, 9.17) is 4.74 Å². The largest absolute Gasteiger partial charge is 0.507 e. The second-order valence-electron chi connectivity index (χ2n) is 5.01. The number of carbonyl (C=O) groups excluding carboxylic acids is 2. The first-order valence-electron chi connectivity index (χ1n) is 5.55. The number of Topliss-reactive ketones (excluding diaryl/α,β-unsaturated/α-hetero) is 2. The van der Waals surface area contributed by atoms with Crippen molar-refractivity contribution in [2.75, 3.05) is 0 Å². The Morgan fingerprint density at radius 3 is 2.56 bits per heavy atom. The molecule has 0 saturated carbocycles. The predicted octanol–water partition coefficient (Wildman–Crippen LogP) is 2.04. The molecule has 5 heteroatoms. The van der Waals surface area contributed by atoms with Crippen molar-refractivity contribution in [3.8, 4) is 17.2 Å². The van der Waals surface area contributed by atoms with E-state index >= 15 is 0 Å². The van der Waals surface area contributed by atoms with Gasteiger partial charge in [-0.3, -0.25) is 9.59 Å². The normalized spacial score (nSPS) is 16.9. The maximum Gasteiger partial charge on any atom is 0.174 e. The monoisotopic (exact) mass is 250 g/mol. The molecule has 1 aliphatic rings. The van der Waals surface area contributed by atoms with Crippen LogP contribution in [0.3, 0.4) is 0 Å². The SMILES string of the molecule is CC(=O)c1c(O)cc2c(c1O)C(=O)CC(C)(C)O2. The molecule has 0 aromatic heterocycles. The number of ketones is 2. The van der Waals surface area contributed by atoms with Crippen molar-refractivity contribution in [2.45, 2.75) is 32.8 Å².